The Morgan fingerprint density at radius 1 is 1.30 bits per heavy atom. The average Bonchev–Trinajstić information content (AvgIpc) is 3.07. The van der Waals surface area contributed by atoms with Crippen LogP contribution >= 0.6 is 22.7 Å². The summed E-state index contributed by atoms with van der Waals surface area (Å²) in [7, 11) is 0. The van der Waals surface area contributed by atoms with E-state index in [0.29, 0.717) is 10.3 Å². The van der Waals surface area contributed by atoms with Gasteiger partial charge in [-0.25, -0.2) is 14.4 Å². The van der Waals surface area contributed by atoms with Crippen LogP contribution in [0.25, 0.3) is 10.6 Å². The van der Waals surface area contributed by atoms with Crippen molar-refractivity contribution >= 4 is 38.8 Å². The SMILES string of the molecule is Cc1nc(NC(=O)Cc2ccc(F)cc2)sc1-c1csc(N)n1. The molecule has 0 radical (unpaired) electrons. The number of amides is 1. The summed E-state index contributed by atoms with van der Waals surface area (Å²) in [5.41, 5.74) is 7.94. The first-order chi connectivity index (χ1) is 11.0. The smallest absolute Gasteiger partial charge is 0.230 e. The van der Waals surface area contributed by atoms with Gasteiger partial charge in [0, 0.05) is 5.38 Å². The predicted molar refractivity (Wildman–Crippen MR) is 91.1 cm³/mol. The quantitative estimate of drug-likeness (QED) is 0.756. The van der Waals surface area contributed by atoms with E-state index in [9.17, 15) is 9.18 Å². The van der Waals surface area contributed by atoms with Gasteiger partial charge in [0.05, 0.1) is 22.7 Å². The molecule has 0 spiro atoms. The Morgan fingerprint density at radius 3 is 2.70 bits per heavy atom. The zero-order valence-corrected chi connectivity index (χ0v) is 13.8. The number of halogens is 1. The van der Waals surface area contributed by atoms with E-state index in [4.69, 9.17) is 5.73 Å². The van der Waals surface area contributed by atoms with Gasteiger partial charge in [-0.05, 0) is 24.6 Å². The number of aromatic nitrogens is 2. The highest BCUT2D eigenvalue weighted by Crippen LogP contribution is 2.33. The maximum Gasteiger partial charge on any atom is 0.230 e. The first kappa shape index (κ1) is 15.6. The van der Waals surface area contributed by atoms with Crippen molar-refractivity contribution in [2.24, 2.45) is 0 Å². The molecule has 3 rings (SSSR count). The maximum absolute atomic E-state index is 12.9. The Labute approximate surface area is 140 Å². The highest BCUT2D eigenvalue weighted by Gasteiger charge is 2.14. The Balaban J connectivity index is 1.70. The third-order valence-corrected chi connectivity index (χ3v) is 4.84. The summed E-state index contributed by atoms with van der Waals surface area (Å²) < 4.78 is 12.9. The van der Waals surface area contributed by atoms with Crippen LogP contribution in [0.3, 0.4) is 0 Å². The van der Waals surface area contributed by atoms with Gasteiger partial charge in [0.15, 0.2) is 10.3 Å². The topological polar surface area (TPSA) is 80.9 Å². The van der Waals surface area contributed by atoms with E-state index in [1.54, 1.807) is 12.1 Å². The molecular weight excluding hydrogens is 335 g/mol. The van der Waals surface area contributed by atoms with Crippen LogP contribution in [0.2, 0.25) is 0 Å². The third kappa shape index (κ3) is 3.72. The number of thiazole rings is 2. The monoisotopic (exact) mass is 348 g/mol. The van der Waals surface area contributed by atoms with Crippen LogP contribution in [-0.2, 0) is 11.2 Å². The van der Waals surface area contributed by atoms with E-state index in [-0.39, 0.29) is 18.1 Å². The second-order valence-electron chi connectivity index (χ2n) is 4.86. The molecule has 2 aromatic heterocycles. The van der Waals surface area contributed by atoms with Crippen LogP contribution in [-0.4, -0.2) is 15.9 Å². The molecule has 0 aliphatic carbocycles. The fourth-order valence-electron chi connectivity index (χ4n) is 2.03. The Morgan fingerprint density at radius 2 is 2.04 bits per heavy atom. The van der Waals surface area contributed by atoms with Gasteiger partial charge >= 0.3 is 0 Å². The molecule has 3 aromatic rings. The minimum atomic E-state index is -0.322. The number of anilines is 2. The first-order valence-electron chi connectivity index (χ1n) is 6.74. The number of aryl methyl sites for hydroxylation is 1. The zero-order valence-electron chi connectivity index (χ0n) is 12.2. The summed E-state index contributed by atoms with van der Waals surface area (Å²) in [5.74, 6) is -0.522. The molecule has 1 amide bonds. The van der Waals surface area contributed by atoms with Crippen LogP contribution in [0.15, 0.2) is 29.6 Å². The third-order valence-electron chi connectivity index (χ3n) is 3.08. The van der Waals surface area contributed by atoms with Gasteiger partial charge in [-0.15, -0.1) is 11.3 Å². The number of nitrogens with zero attached hydrogens (tertiary/aromatic N) is 2. The van der Waals surface area contributed by atoms with Gasteiger partial charge in [-0.3, -0.25) is 4.79 Å². The Kier molecular flexibility index (Phi) is 4.35. The fourth-order valence-corrected chi connectivity index (χ4v) is 3.60. The van der Waals surface area contributed by atoms with Crippen LogP contribution in [0.5, 0.6) is 0 Å². The van der Waals surface area contributed by atoms with E-state index in [1.807, 2.05) is 12.3 Å². The van der Waals surface area contributed by atoms with Gasteiger partial charge in [0.25, 0.3) is 0 Å². The molecule has 0 bridgehead atoms. The number of hydrogen-bond acceptors (Lipinski definition) is 6. The Bertz CT molecular complexity index is 842. The number of rotatable bonds is 4. The van der Waals surface area contributed by atoms with Gasteiger partial charge in [0.1, 0.15) is 5.82 Å². The molecule has 0 aliphatic heterocycles. The van der Waals surface area contributed by atoms with Crippen molar-refractivity contribution < 1.29 is 9.18 Å². The molecule has 0 fully saturated rings. The number of hydrogen-bond donors (Lipinski definition) is 2. The van der Waals surface area contributed by atoms with Crippen molar-refractivity contribution in [3.8, 4) is 10.6 Å². The van der Waals surface area contributed by atoms with E-state index in [2.05, 4.69) is 15.3 Å². The Hall–Kier alpha value is -2.32. The summed E-state index contributed by atoms with van der Waals surface area (Å²) in [6.07, 6.45) is 0.165. The molecule has 8 heteroatoms. The van der Waals surface area contributed by atoms with Gasteiger partial charge < -0.3 is 11.1 Å². The van der Waals surface area contributed by atoms with Crippen molar-refractivity contribution in [1.29, 1.82) is 0 Å². The molecule has 0 saturated heterocycles. The van der Waals surface area contributed by atoms with E-state index >= 15 is 0 Å². The molecule has 0 aliphatic rings. The lowest BCUT2D eigenvalue weighted by Gasteiger charge is -2.01. The van der Waals surface area contributed by atoms with Crippen LogP contribution in [0, 0.1) is 12.7 Å². The second kappa shape index (κ2) is 6.43. The molecule has 5 nitrogen and oxygen atoms in total. The van der Waals surface area contributed by atoms with Crippen molar-refractivity contribution in [3.05, 3.63) is 46.7 Å². The molecule has 3 N–H and O–H groups in total. The summed E-state index contributed by atoms with van der Waals surface area (Å²) >= 11 is 2.71. The lowest BCUT2D eigenvalue weighted by molar-refractivity contribution is -0.115. The number of benzene rings is 1. The van der Waals surface area contributed by atoms with Crippen LogP contribution in [0.1, 0.15) is 11.3 Å². The fraction of sp³-hybridized carbons (Fsp3) is 0.133. The normalized spacial score (nSPS) is 10.7. The summed E-state index contributed by atoms with van der Waals surface area (Å²) in [5, 5.41) is 5.63. The van der Waals surface area contributed by atoms with Crippen molar-refractivity contribution in [3.63, 3.8) is 0 Å². The average molecular weight is 348 g/mol. The number of nitrogens with one attached hydrogen (secondary N) is 1. The number of carbonyl (C=O) groups is 1. The standard InChI is InChI=1S/C15H13FN4OS2/c1-8-13(11-7-22-14(17)19-11)23-15(18-8)20-12(21)6-9-2-4-10(16)5-3-9/h2-5,7H,6H2,1H3,(H2,17,19)(H,18,20,21). The highest BCUT2D eigenvalue weighted by molar-refractivity contribution is 7.19. The van der Waals surface area contributed by atoms with Gasteiger partial charge in [0.2, 0.25) is 5.91 Å². The van der Waals surface area contributed by atoms with Crippen molar-refractivity contribution in [1.82, 2.24) is 9.97 Å². The predicted octanol–water partition coefficient (Wildman–Crippen LogP) is 3.48. The van der Waals surface area contributed by atoms with E-state index in [1.165, 1.54) is 34.8 Å². The summed E-state index contributed by atoms with van der Waals surface area (Å²) in [6.45, 7) is 1.86. The largest absolute Gasteiger partial charge is 0.375 e. The number of carbonyl (C=O) groups excluding carboxylic acids is 1. The van der Waals surface area contributed by atoms with Crippen molar-refractivity contribution in [2.45, 2.75) is 13.3 Å². The minimum absolute atomic E-state index is 0.165. The molecule has 0 saturated carbocycles. The molecule has 118 valence electrons. The number of nitrogens with two attached hydrogens (primary N) is 1. The first-order valence-corrected chi connectivity index (χ1v) is 8.44. The second-order valence-corrected chi connectivity index (χ2v) is 6.74. The van der Waals surface area contributed by atoms with Crippen molar-refractivity contribution in [2.75, 3.05) is 11.1 Å². The molecular formula is C15H13FN4OS2. The minimum Gasteiger partial charge on any atom is -0.375 e. The number of nitrogen functional groups attached to an aromatic ring is 1. The molecule has 23 heavy (non-hydrogen) atoms. The van der Waals surface area contributed by atoms with Gasteiger partial charge in [-0.1, -0.05) is 23.5 Å². The van der Waals surface area contributed by atoms with E-state index in [0.717, 1.165) is 21.8 Å². The summed E-state index contributed by atoms with van der Waals surface area (Å²) in [6, 6.07) is 5.85. The molecule has 2 heterocycles. The lowest BCUT2D eigenvalue weighted by Crippen LogP contribution is -2.14. The van der Waals surface area contributed by atoms with Crippen LogP contribution < -0.4 is 11.1 Å². The molecule has 0 unspecified atom stereocenters. The summed E-state index contributed by atoms with van der Waals surface area (Å²) in [4.78, 5) is 21.5. The molecule has 0 atom stereocenters. The van der Waals surface area contributed by atoms with E-state index < -0.39 is 0 Å². The maximum atomic E-state index is 12.9. The van der Waals surface area contributed by atoms with Crippen LogP contribution in [0.4, 0.5) is 14.7 Å². The highest BCUT2D eigenvalue weighted by atomic mass is 32.1. The molecule has 1 aromatic carbocycles. The lowest BCUT2D eigenvalue weighted by atomic mass is 10.1. The zero-order chi connectivity index (χ0) is 16.4. The van der Waals surface area contributed by atoms with Gasteiger partial charge in [-0.2, -0.15) is 0 Å².